The van der Waals surface area contributed by atoms with Gasteiger partial charge in [-0.3, -0.25) is 0 Å². The van der Waals surface area contributed by atoms with E-state index in [0.717, 1.165) is 24.3 Å². The predicted molar refractivity (Wildman–Crippen MR) is 89.9 cm³/mol. The molecular formula is C17H20N2O8. The molecule has 0 amide bonds. The van der Waals surface area contributed by atoms with E-state index in [-0.39, 0.29) is 19.1 Å². The molecule has 0 bridgehead atoms. The van der Waals surface area contributed by atoms with Crippen molar-refractivity contribution in [3.05, 3.63) is 43.0 Å². The van der Waals surface area contributed by atoms with Crippen LogP contribution in [0.4, 0.5) is 0 Å². The molecule has 1 aromatic rings. The number of hydrogen-bond donors (Lipinski definition) is 0. The van der Waals surface area contributed by atoms with E-state index >= 15 is 0 Å². The van der Waals surface area contributed by atoms with E-state index < -0.39 is 23.9 Å². The fourth-order valence-corrected chi connectivity index (χ4v) is 1.75. The number of hydrogen-bond acceptors (Lipinski definition) is 9. The largest absolute Gasteiger partial charge is 0.466 e. The monoisotopic (exact) mass is 380 g/mol. The number of imidazole rings is 1. The second-order valence-electron chi connectivity index (χ2n) is 5.10. The van der Waals surface area contributed by atoms with Crippen LogP contribution in [0.15, 0.2) is 43.0 Å². The standard InChI is InChI=1S/C17H20N2O8/c1-24-14(20)3-5-16(22)26-10-13(9-19-8-7-18-12-19)11-27-17(23)6-4-15(21)25-2/h3-8,12-13H,9-11H2,1-2H3/b5-3+,6-4+. The van der Waals surface area contributed by atoms with Crippen LogP contribution >= 0.6 is 0 Å². The van der Waals surface area contributed by atoms with Crippen LogP contribution in [0.3, 0.4) is 0 Å². The van der Waals surface area contributed by atoms with E-state index in [1.165, 1.54) is 14.2 Å². The number of nitrogens with zero attached hydrogens (tertiary/aromatic N) is 2. The van der Waals surface area contributed by atoms with Crippen molar-refractivity contribution in [2.45, 2.75) is 6.54 Å². The number of methoxy groups -OCH3 is 2. The van der Waals surface area contributed by atoms with E-state index in [0.29, 0.717) is 6.54 Å². The lowest BCUT2D eigenvalue weighted by molar-refractivity contribution is -0.144. The van der Waals surface area contributed by atoms with Gasteiger partial charge in [0.1, 0.15) is 0 Å². The summed E-state index contributed by atoms with van der Waals surface area (Å²) in [7, 11) is 2.37. The molecule has 0 unspecified atom stereocenters. The van der Waals surface area contributed by atoms with Gasteiger partial charge in [0.15, 0.2) is 0 Å². The van der Waals surface area contributed by atoms with Gasteiger partial charge in [0.2, 0.25) is 0 Å². The highest BCUT2D eigenvalue weighted by Crippen LogP contribution is 2.05. The van der Waals surface area contributed by atoms with Crippen molar-refractivity contribution in [3.8, 4) is 0 Å². The first-order valence-electron chi connectivity index (χ1n) is 7.76. The summed E-state index contributed by atoms with van der Waals surface area (Å²) >= 11 is 0. The van der Waals surface area contributed by atoms with Gasteiger partial charge in [0.05, 0.1) is 33.8 Å². The van der Waals surface area contributed by atoms with Crippen molar-refractivity contribution in [1.29, 1.82) is 0 Å². The van der Waals surface area contributed by atoms with Crippen LogP contribution in [-0.2, 0) is 44.7 Å². The zero-order valence-corrected chi connectivity index (χ0v) is 14.9. The fourth-order valence-electron chi connectivity index (χ4n) is 1.75. The first kappa shape index (κ1) is 21.6. The van der Waals surface area contributed by atoms with E-state index in [2.05, 4.69) is 14.5 Å². The van der Waals surface area contributed by atoms with Gasteiger partial charge in [-0.1, -0.05) is 0 Å². The summed E-state index contributed by atoms with van der Waals surface area (Å²) in [6.45, 7) is 0.217. The minimum atomic E-state index is -0.743. The van der Waals surface area contributed by atoms with Crippen LogP contribution in [0.25, 0.3) is 0 Å². The number of carbonyl (C=O) groups is 4. The molecule has 0 aliphatic rings. The maximum absolute atomic E-state index is 11.6. The van der Waals surface area contributed by atoms with Gasteiger partial charge in [0.25, 0.3) is 0 Å². The highest BCUT2D eigenvalue weighted by atomic mass is 16.5. The van der Waals surface area contributed by atoms with Gasteiger partial charge in [-0.2, -0.15) is 0 Å². The summed E-state index contributed by atoms with van der Waals surface area (Å²) in [5.74, 6) is -3.24. The Kier molecular flexibility index (Phi) is 9.61. The Hall–Kier alpha value is -3.43. The smallest absolute Gasteiger partial charge is 0.331 e. The SMILES string of the molecule is COC(=O)/C=C/C(=O)OCC(COC(=O)/C=C/C(=O)OC)Cn1ccnc1. The molecule has 0 saturated carbocycles. The molecule has 0 radical (unpaired) electrons. The molecule has 0 saturated heterocycles. The summed E-state index contributed by atoms with van der Waals surface area (Å²) in [6, 6.07) is 0. The number of esters is 4. The van der Waals surface area contributed by atoms with Crippen molar-refractivity contribution in [2.24, 2.45) is 5.92 Å². The molecule has 27 heavy (non-hydrogen) atoms. The molecular weight excluding hydrogens is 360 g/mol. The average Bonchev–Trinajstić information content (AvgIpc) is 3.18. The molecule has 0 fully saturated rings. The molecule has 10 heteroatoms. The van der Waals surface area contributed by atoms with Gasteiger partial charge in [-0.15, -0.1) is 0 Å². The van der Waals surface area contributed by atoms with Crippen LogP contribution in [0.5, 0.6) is 0 Å². The van der Waals surface area contributed by atoms with E-state index in [4.69, 9.17) is 9.47 Å². The Bertz CT molecular complexity index is 652. The van der Waals surface area contributed by atoms with Crippen LogP contribution in [0.1, 0.15) is 0 Å². The Morgan fingerprint density at radius 2 is 1.37 bits per heavy atom. The Morgan fingerprint density at radius 3 is 1.78 bits per heavy atom. The number of rotatable bonds is 10. The lowest BCUT2D eigenvalue weighted by atomic mass is 10.2. The van der Waals surface area contributed by atoms with Crippen LogP contribution in [0.2, 0.25) is 0 Å². The number of aromatic nitrogens is 2. The molecule has 0 N–H and O–H groups in total. The maximum atomic E-state index is 11.6. The normalized spacial score (nSPS) is 10.9. The molecule has 10 nitrogen and oxygen atoms in total. The highest BCUT2D eigenvalue weighted by molar-refractivity contribution is 5.92. The molecule has 1 rings (SSSR count). The molecule has 0 aliphatic carbocycles. The molecule has 0 spiro atoms. The van der Waals surface area contributed by atoms with Crippen molar-refractivity contribution in [1.82, 2.24) is 9.55 Å². The topological polar surface area (TPSA) is 123 Å². The third-order valence-corrected chi connectivity index (χ3v) is 3.06. The summed E-state index contributed by atoms with van der Waals surface area (Å²) in [4.78, 5) is 49.0. The molecule has 0 aromatic carbocycles. The van der Waals surface area contributed by atoms with E-state index in [1.54, 1.807) is 23.3 Å². The first-order chi connectivity index (χ1) is 12.9. The molecule has 1 aromatic heterocycles. The van der Waals surface area contributed by atoms with Crippen LogP contribution in [0, 0.1) is 5.92 Å². The molecule has 1 heterocycles. The zero-order valence-electron chi connectivity index (χ0n) is 14.9. The summed E-state index contributed by atoms with van der Waals surface area (Å²) in [6.07, 6.45) is 8.58. The third kappa shape index (κ3) is 9.58. The second-order valence-corrected chi connectivity index (χ2v) is 5.10. The van der Waals surface area contributed by atoms with E-state index in [1.807, 2.05) is 0 Å². The van der Waals surface area contributed by atoms with E-state index in [9.17, 15) is 19.2 Å². The van der Waals surface area contributed by atoms with Gasteiger partial charge in [-0.25, -0.2) is 24.2 Å². The maximum Gasteiger partial charge on any atom is 0.331 e. The van der Waals surface area contributed by atoms with Crippen molar-refractivity contribution >= 4 is 23.9 Å². The quantitative estimate of drug-likeness (QED) is 0.314. The summed E-state index contributed by atoms with van der Waals surface area (Å²) < 4.78 is 20.6. The minimum Gasteiger partial charge on any atom is -0.466 e. The Labute approximate surface area is 155 Å². The van der Waals surface area contributed by atoms with Crippen LogP contribution in [-0.4, -0.2) is 60.9 Å². The van der Waals surface area contributed by atoms with Crippen LogP contribution < -0.4 is 0 Å². The Morgan fingerprint density at radius 1 is 0.889 bits per heavy atom. The molecule has 146 valence electrons. The number of ether oxygens (including phenoxy) is 4. The zero-order chi connectivity index (χ0) is 20.1. The Balaban J connectivity index is 2.57. The predicted octanol–water partition coefficient (Wildman–Crippen LogP) is 0.0441. The minimum absolute atomic E-state index is 0.0729. The van der Waals surface area contributed by atoms with Gasteiger partial charge in [-0.05, 0) is 0 Å². The van der Waals surface area contributed by atoms with Gasteiger partial charge < -0.3 is 23.5 Å². The molecule has 0 atom stereocenters. The molecule has 0 aliphatic heterocycles. The third-order valence-electron chi connectivity index (χ3n) is 3.06. The highest BCUT2D eigenvalue weighted by Gasteiger charge is 2.15. The lowest BCUT2D eigenvalue weighted by Gasteiger charge is -2.16. The van der Waals surface area contributed by atoms with Crippen molar-refractivity contribution in [3.63, 3.8) is 0 Å². The summed E-state index contributed by atoms with van der Waals surface area (Å²) in [5, 5.41) is 0. The summed E-state index contributed by atoms with van der Waals surface area (Å²) in [5.41, 5.74) is 0. The number of carbonyl (C=O) groups excluding carboxylic acids is 4. The first-order valence-corrected chi connectivity index (χ1v) is 7.76. The fraction of sp³-hybridized carbons (Fsp3) is 0.353. The van der Waals surface area contributed by atoms with Gasteiger partial charge >= 0.3 is 23.9 Å². The van der Waals surface area contributed by atoms with Crippen molar-refractivity contribution in [2.75, 3.05) is 27.4 Å². The van der Waals surface area contributed by atoms with Crippen molar-refractivity contribution < 1.29 is 38.1 Å². The average molecular weight is 380 g/mol. The van der Waals surface area contributed by atoms with Gasteiger partial charge in [0, 0.05) is 49.2 Å². The second kappa shape index (κ2) is 12.0. The lowest BCUT2D eigenvalue weighted by Crippen LogP contribution is -2.24.